The Morgan fingerprint density at radius 1 is 0.450 bits per heavy atom. The zero-order valence-corrected chi connectivity index (χ0v) is 52.8. The van der Waals surface area contributed by atoms with Crippen LogP contribution in [-0.2, 0) is 44.7 Å². The van der Waals surface area contributed by atoms with Crippen molar-refractivity contribution in [1.29, 1.82) is 0 Å². The van der Waals surface area contributed by atoms with Crippen molar-refractivity contribution in [2.75, 3.05) is 20.8 Å². The molecule has 0 radical (unpaired) electrons. The molecule has 0 unspecified atom stereocenters. The molecule has 0 saturated heterocycles. The maximum Gasteiger partial charge on any atom is 0.305 e. The van der Waals surface area contributed by atoms with Crippen LogP contribution in [0.5, 0.6) is 5.75 Å². The summed E-state index contributed by atoms with van der Waals surface area (Å²) in [5.74, 6) is 2.74. The normalized spacial score (nSPS) is 11.2. The number of carbonyl (C=O) groups excluding carboxylic acids is 2. The molecule has 5 rings (SSSR count). The molecule has 5 aromatic carbocycles. The minimum Gasteiger partial charge on any atom is -0.490 e. The van der Waals surface area contributed by atoms with Crippen LogP contribution in [0.15, 0.2) is 97.1 Å². The maximum absolute atomic E-state index is 13.6. The number of aryl methyl sites for hydroxylation is 2. The van der Waals surface area contributed by atoms with Crippen molar-refractivity contribution in [1.82, 2.24) is 0 Å². The molecule has 0 fully saturated rings. The Bertz CT molecular complexity index is 2530. The molecule has 0 heterocycles. The van der Waals surface area contributed by atoms with Crippen molar-refractivity contribution < 1.29 is 41.4 Å². The fourth-order valence-corrected chi connectivity index (χ4v) is 8.28. The van der Waals surface area contributed by atoms with Gasteiger partial charge in [0.05, 0.1) is 20.8 Å². The SMILES string of the molecule is CC(C)CCc1cc(C(C)C)ccc1F.CC(C)Cc1cc(C(C)C)ccc1F.CC(C)c1ccc(F)c(CC(C)(C)C)c1.COC(=O)CCCCCc1cccc(C(C)C)c1.COC(=O)CCCOc1cc(C(C)C)ccc1F. The van der Waals surface area contributed by atoms with Crippen LogP contribution in [0, 0.1) is 40.5 Å². The quantitative estimate of drug-likeness (QED) is 0.0393. The lowest BCUT2D eigenvalue weighted by molar-refractivity contribution is -0.141. The number of methoxy groups -OCH3 is 2. The number of esters is 2. The molecule has 0 amide bonds. The smallest absolute Gasteiger partial charge is 0.305 e. The van der Waals surface area contributed by atoms with Gasteiger partial charge in [0.2, 0.25) is 0 Å². The highest BCUT2D eigenvalue weighted by molar-refractivity contribution is 5.69. The average molecular weight is 1110 g/mol. The van der Waals surface area contributed by atoms with Gasteiger partial charge in [-0.05, 0) is 179 Å². The Morgan fingerprint density at radius 3 is 1.34 bits per heavy atom. The molecular weight excluding hydrogens is 1010 g/mol. The maximum atomic E-state index is 13.6. The van der Waals surface area contributed by atoms with Crippen LogP contribution >= 0.6 is 0 Å². The predicted octanol–water partition coefficient (Wildman–Crippen LogP) is 20.6. The van der Waals surface area contributed by atoms with Gasteiger partial charge in [0.15, 0.2) is 11.6 Å². The molecule has 5 nitrogen and oxygen atoms in total. The largest absolute Gasteiger partial charge is 0.490 e. The van der Waals surface area contributed by atoms with Gasteiger partial charge in [-0.15, -0.1) is 0 Å². The lowest BCUT2D eigenvalue weighted by Gasteiger charge is -2.19. The zero-order chi connectivity index (χ0) is 60.7. The van der Waals surface area contributed by atoms with E-state index in [0.29, 0.717) is 60.9 Å². The Labute approximate surface area is 483 Å². The monoisotopic (exact) mass is 1110 g/mol. The van der Waals surface area contributed by atoms with Crippen LogP contribution in [0.1, 0.15) is 242 Å². The van der Waals surface area contributed by atoms with E-state index in [0.717, 1.165) is 73.6 Å². The van der Waals surface area contributed by atoms with Gasteiger partial charge in [-0.2, -0.15) is 0 Å². The molecule has 9 heteroatoms. The van der Waals surface area contributed by atoms with E-state index in [9.17, 15) is 27.2 Å². The van der Waals surface area contributed by atoms with Gasteiger partial charge in [-0.1, -0.05) is 191 Å². The predicted molar refractivity (Wildman–Crippen MR) is 328 cm³/mol. The van der Waals surface area contributed by atoms with Crippen molar-refractivity contribution in [2.24, 2.45) is 17.3 Å². The van der Waals surface area contributed by atoms with Crippen LogP contribution in [-0.4, -0.2) is 32.8 Å². The van der Waals surface area contributed by atoms with E-state index in [1.54, 1.807) is 30.3 Å². The highest BCUT2D eigenvalue weighted by Crippen LogP contribution is 2.27. The van der Waals surface area contributed by atoms with Crippen molar-refractivity contribution in [3.8, 4) is 5.75 Å². The number of hydrogen-bond acceptors (Lipinski definition) is 5. The van der Waals surface area contributed by atoms with Crippen molar-refractivity contribution in [3.63, 3.8) is 0 Å². The van der Waals surface area contributed by atoms with E-state index in [1.807, 2.05) is 50.2 Å². The van der Waals surface area contributed by atoms with Crippen LogP contribution in [0.3, 0.4) is 0 Å². The summed E-state index contributed by atoms with van der Waals surface area (Å²) in [7, 11) is 2.79. The molecule has 5 aromatic rings. The molecule has 0 atom stereocenters. The van der Waals surface area contributed by atoms with Crippen LogP contribution < -0.4 is 4.74 Å². The van der Waals surface area contributed by atoms with Crippen LogP contribution in [0.25, 0.3) is 0 Å². The minimum atomic E-state index is -0.377. The molecule has 0 bridgehead atoms. The fraction of sp³-hybridized carbons (Fsp3) is 0.549. The highest BCUT2D eigenvalue weighted by atomic mass is 19.1. The molecule has 446 valence electrons. The molecule has 80 heavy (non-hydrogen) atoms. The number of benzene rings is 5. The lowest BCUT2D eigenvalue weighted by Crippen LogP contribution is -2.11. The van der Waals surface area contributed by atoms with Gasteiger partial charge in [-0.3, -0.25) is 9.59 Å². The number of ether oxygens (including phenoxy) is 3. The fourth-order valence-electron chi connectivity index (χ4n) is 8.28. The molecule has 0 aliphatic carbocycles. The standard InChI is InChI=1S/C16H24O2.C14H19FO3.2C14H21F.C13H19F/c1-13(2)15-10-7-9-14(12-15)8-5-4-6-11-16(17)18-3;1-10(2)11-6-7-12(15)13(9-11)18-8-4-5-14(16)17-3;1-10(2)11-6-7-13(15)12(8-11)9-14(3,4)5;1-10(2)5-6-13-9-12(11(3)4)7-8-14(13)15;1-9(2)7-12-8-11(10(3)4)5-6-13(12)14/h7,9-10,12-13H,4-6,8,11H2,1-3H3;6-7,9-10H,4-5,8H2,1-3H3;6-8,10H,9H2,1-5H3;7-11H,5-6H2,1-4H3;5-6,8-10H,7H2,1-4H3. The van der Waals surface area contributed by atoms with Crippen LogP contribution in [0.4, 0.5) is 17.6 Å². The molecule has 0 aliphatic heterocycles. The van der Waals surface area contributed by atoms with Crippen molar-refractivity contribution >= 4 is 11.9 Å². The van der Waals surface area contributed by atoms with E-state index >= 15 is 0 Å². The molecule has 0 saturated carbocycles. The zero-order valence-electron chi connectivity index (χ0n) is 52.8. The first-order valence-corrected chi connectivity index (χ1v) is 29.5. The Hall–Kier alpha value is -5.44. The number of unbranched alkanes of at least 4 members (excludes halogenated alkanes) is 2. The number of hydrogen-bond donors (Lipinski definition) is 0. The minimum absolute atomic E-state index is 0.0555. The summed E-state index contributed by atoms with van der Waals surface area (Å²) in [5.41, 5.74) is 10.2. The first-order valence-electron chi connectivity index (χ1n) is 29.5. The van der Waals surface area contributed by atoms with Gasteiger partial charge in [-0.25, -0.2) is 17.6 Å². The second-order valence-electron chi connectivity index (χ2n) is 24.7. The average Bonchev–Trinajstić information content (AvgIpc) is 3.39. The van der Waals surface area contributed by atoms with E-state index in [-0.39, 0.29) is 52.8 Å². The summed E-state index contributed by atoms with van der Waals surface area (Å²) in [6.07, 6.45) is 9.11. The van der Waals surface area contributed by atoms with Crippen LogP contribution in [0.2, 0.25) is 0 Å². The van der Waals surface area contributed by atoms with Gasteiger partial charge in [0, 0.05) is 12.8 Å². The molecule has 0 aromatic heterocycles. The molecule has 0 spiro atoms. The van der Waals surface area contributed by atoms with Gasteiger partial charge >= 0.3 is 11.9 Å². The summed E-state index contributed by atoms with van der Waals surface area (Å²) in [5, 5.41) is 0. The second kappa shape index (κ2) is 38.3. The first-order chi connectivity index (χ1) is 37.5. The van der Waals surface area contributed by atoms with E-state index in [1.165, 1.54) is 48.1 Å². The van der Waals surface area contributed by atoms with Crippen molar-refractivity contribution in [2.45, 2.75) is 218 Å². The molecule has 0 aliphatic rings. The Morgan fingerprint density at radius 2 is 0.875 bits per heavy atom. The Kier molecular flexibility index (Phi) is 34.7. The number of rotatable bonds is 22. The molecule has 0 N–H and O–H groups in total. The van der Waals surface area contributed by atoms with E-state index < -0.39 is 0 Å². The third-order valence-corrected chi connectivity index (χ3v) is 13.4. The molecular formula is C71H104F4O5. The first kappa shape index (κ1) is 72.6. The Balaban J connectivity index is 0.000000502. The second-order valence-corrected chi connectivity index (χ2v) is 24.7. The van der Waals surface area contributed by atoms with Gasteiger partial charge in [0.1, 0.15) is 17.5 Å². The van der Waals surface area contributed by atoms with Gasteiger partial charge < -0.3 is 14.2 Å². The summed E-state index contributed by atoms with van der Waals surface area (Å²) < 4.78 is 68.4. The van der Waals surface area contributed by atoms with E-state index in [4.69, 9.17) is 4.74 Å². The third kappa shape index (κ3) is 31.0. The topological polar surface area (TPSA) is 61.8 Å². The summed E-state index contributed by atoms with van der Waals surface area (Å²) in [4.78, 5) is 21.8. The number of halogens is 4. The van der Waals surface area contributed by atoms with Gasteiger partial charge in [0.25, 0.3) is 0 Å². The lowest BCUT2D eigenvalue weighted by atomic mass is 9.86. The van der Waals surface area contributed by atoms with Crippen molar-refractivity contribution in [3.05, 3.63) is 170 Å². The third-order valence-electron chi connectivity index (χ3n) is 13.4. The summed E-state index contributed by atoms with van der Waals surface area (Å²) >= 11 is 0. The van der Waals surface area contributed by atoms with E-state index in [2.05, 4.69) is 138 Å². The highest BCUT2D eigenvalue weighted by Gasteiger charge is 2.16. The summed E-state index contributed by atoms with van der Waals surface area (Å²) in [6.45, 7) is 36.6. The summed E-state index contributed by atoms with van der Waals surface area (Å²) in [6, 6.07) is 30.1. The number of carbonyl (C=O) groups is 2.